The number of aromatic hydroxyl groups is 1. The number of carbonyl (C=O) groups is 4. The molecule has 1 fully saturated rings. The van der Waals surface area contributed by atoms with Gasteiger partial charge >= 0.3 is 0 Å². The Hall–Kier alpha value is -6.37. The molecule has 2 heterocycles. The number of imide groups is 2. The fourth-order valence-corrected chi connectivity index (χ4v) is 8.24. The number of hydrogen-bond donors (Lipinski definition) is 3. The minimum Gasteiger partial charge on any atom is -0.508 e. The van der Waals surface area contributed by atoms with Gasteiger partial charge in [0.1, 0.15) is 35.6 Å². The van der Waals surface area contributed by atoms with E-state index in [0.717, 1.165) is 39.9 Å². The summed E-state index contributed by atoms with van der Waals surface area (Å²) in [4.78, 5) is 53.6. The molecule has 7 rings (SSSR count). The molecule has 0 radical (unpaired) electrons. The summed E-state index contributed by atoms with van der Waals surface area (Å²) in [6.07, 6.45) is 1.32. The van der Waals surface area contributed by atoms with Crippen LogP contribution in [0.3, 0.4) is 0 Å². The summed E-state index contributed by atoms with van der Waals surface area (Å²) in [6, 6.07) is 26.7. The third kappa shape index (κ3) is 11.7. The lowest BCUT2D eigenvalue weighted by molar-refractivity contribution is -0.136. The van der Waals surface area contributed by atoms with E-state index < -0.39 is 39.5 Å². The minimum absolute atomic E-state index is 0.0562. The molecule has 5 aromatic rings. The lowest BCUT2D eigenvalue weighted by Gasteiger charge is -2.27. The number of fused-ring (bicyclic) bond motifs is 2. The van der Waals surface area contributed by atoms with Crippen molar-refractivity contribution in [2.45, 2.75) is 30.7 Å². The van der Waals surface area contributed by atoms with Gasteiger partial charge in [-0.05, 0) is 96.7 Å². The van der Waals surface area contributed by atoms with Crippen LogP contribution in [0.1, 0.15) is 40.5 Å². The largest absolute Gasteiger partial charge is 0.508 e. The van der Waals surface area contributed by atoms with E-state index in [4.69, 9.17) is 23.7 Å². The minimum atomic E-state index is -3.35. The van der Waals surface area contributed by atoms with Crippen LogP contribution in [0.5, 0.6) is 23.0 Å². The molecule has 2 aliphatic rings. The van der Waals surface area contributed by atoms with Gasteiger partial charge in [0.05, 0.1) is 55.7 Å². The third-order valence-corrected chi connectivity index (χ3v) is 12.2. The maximum absolute atomic E-state index is 13.2. The van der Waals surface area contributed by atoms with Crippen LogP contribution in [0.2, 0.25) is 0 Å². The topological polar surface area (TPSA) is 199 Å². The van der Waals surface area contributed by atoms with Gasteiger partial charge in [-0.25, -0.2) is 8.42 Å². The van der Waals surface area contributed by atoms with Gasteiger partial charge in [0, 0.05) is 48.9 Å². The zero-order chi connectivity index (χ0) is 45.9. The fourth-order valence-electron chi connectivity index (χ4n) is 7.61. The predicted molar refractivity (Wildman–Crippen MR) is 242 cm³/mol. The van der Waals surface area contributed by atoms with Crippen molar-refractivity contribution in [1.82, 2.24) is 15.1 Å². The van der Waals surface area contributed by atoms with E-state index in [1.807, 2.05) is 36.4 Å². The van der Waals surface area contributed by atoms with Gasteiger partial charge in [0.2, 0.25) is 11.8 Å². The van der Waals surface area contributed by atoms with Crippen molar-refractivity contribution >= 4 is 49.9 Å². The molecule has 0 spiro atoms. The predicted octanol–water partition coefficient (Wildman–Crippen LogP) is 5.67. The lowest BCUT2D eigenvalue weighted by atomic mass is 9.99. The zero-order valence-corrected chi connectivity index (χ0v) is 37.1. The molecule has 2 aliphatic heterocycles. The fraction of sp³-hybridized carbons (Fsp3) is 0.333. The van der Waals surface area contributed by atoms with Crippen LogP contribution in [0, 0.1) is 0 Å². The standard InChI is InChI=1S/C48H52N4O12S/c1-3-51(22-25-61-28-30-62-29-27-60-24-21-49-41-6-4-5-40-44(41)48(57)52(47(40)56)42-19-20-43(54)50-46(42)55)23-26-63-35-11-13-36(14-12-35)64-45-38(17-9-33-31-34(53)10-18-39(33)45)32-7-15-37(16-8-32)65(2,58)59/h4-18,31,42,49,53H,3,19-30H2,1-2H3,(H,50,54,55). The van der Waals surface area contributed by atoms with E-state index in [-0.39, 0.29) is 34.6 Å². The molecule has 342 valence electrons. The van der Waals surface area contributed by atoms with Crippen molar-refractivity contribution in [2.24, 2.45) is 0 Å². The molecule has 17 heteroatoms. The Morgan fingerprint density at radius 1 is 0.769 bits per heavy atom. The van der Waals surface area contributed by atoms with Crippen LogP contribution in [-0.4, -0.2) is 132 Å². The van der Waals surface area contributed by atoms with E-state index in [2.05, 4.69) is 22.5 Å². The maximum atomic E-state index is 13.2. The average molecular weight is 909 g/mol. The number of hydrogen-bond acceptors (Lipinski definition) is 14. The lowest BCUT2D eigenvalue weighted by Crippen LogP contribution is -2.54. The van der Waals surface area contributed by atoms with Gasteiger partial charge in [-0.15, -0.1) is 0 Å². The van der Waals surface area contributed by atoms with Crippen LogP contribution >= 0.6 is 0 Å². The first-order chi connectivity index (χ1) is 31.4. The summed E-state index contributed by atoms with van der Waals surface area (Å²) in [6.45, 7) is 7.62. The van der Waals surface area contributed by atoms with Crippen molar-refractivity contribution in [3.8, 4) is 34.1 Å². The second-order valence-corrected chi connectivity index (χ2v) is 17.5. The number of rotatable bonds is 23. The number of nitrogens with zero attached hydrogens (tertiary/aromatic N) is 2. The van der Waals surface area contributed by atoms with Crippen molar-refractivity contribution in [2.75, 3.05) is 84.0 Å². The molecule has 0 bridgehead atoms. The van der Waals surface area contributed by atoms with Gasteiger partial charge < -0.3 is 34.1 Å². The first-order valence-corrected chi connectivity index (χ1v) is 23.3. The normalized spacial score (nSPS) is 15.1. The summed E-state index contributed by atoms with van der Waals surface area (Å²) in [7, 11) is -3.35. The van der Waals surface area contributed by atoms with Crippen molar-refractivity contribution in [3.63, 3.8) is 0 Å². The molecule has 5 aromatic carbocycles. The van der Waals surface area contributed by atoms with Crippen molar-refractivity contribution in [1.29, 1.82) is 0 Å². The average Bonchev–Trinajstić information content (AvgIpc) is 3.55. The number of benzene rings is 5. The molecule has 0 aliphatic carbocycles. The van der Waals surface area contributed by atoms with Crippen molar-refractivity contribution in [3.05, 3.63) is 108 Å². The van der Waals surface area contributed by atoms with E-state index in [1.165, 1.54) is 6.26 Å². The zero-order valence-electron chi connectivity index (χ0n) is 36.2. The van der Waals surface area contributed by atoms with Gasteiger partial charge in [-0.2, -0.15) is 0 Å². The number of piperidine rings is 1. The Bertz CT molecular complexity index is 2620. The van der Waals surface area contributed by atoms with Crippen molar-refractivity contribution < 1.29 is 56.4 Å². The van der Waals surface area contributed by atoms with Gasteiger partial charge in [-0.1, -0.05) is 31.2 Å². The molecule has 0 aromatic heterocycles. The number of phenolic OH excluding ortho intramolecular Hbond substituents is 1. The van der Waals surface area contributed by atoms with Crippen LogP contribution in [0.25, 0.3) is 21.9 Å². The number of amides is 4. The SMILES string of the molecule is CCN(CCOCCOCCOCCNc1cccc2c1C(=O)N(C1CCC(=O)NC1=O)C2=O)CCOc1ccc(Oc2c(-c3ccc(S(C)(=O)=O)cc3)ccc3cc(O)ccc23)cc1. The molecule has 0 saturated carbocycles. The molecule has 1 unspecified atom stereocenters. The highest BCUT2D eigenvalue weighted by atomic mass is 32.2. The Morgan fingerprint density at radius 3 is 2.17 bits per heavy atom. The first kappa shape index (κ1) is 46.6. The quantitative estimate of drug-likeness (QED) is 0.0535. The van der Waals surface area contributed by atoms with E-state index in [1.54, 1.807) is 60.7 Å². The Kier molecular flexibility index (Phi) is 15.4. The highest BCUT2D eigenvalue weighted by Crippen LogP contribution is 2.41. The number of carbonyl (C=O) groups excluding carboxylic acids is 4. The Balaban J connectivity index is 0.767. The number of ether oxygens (including phenoxy) is 5. The molecule has 65 heavy (non-hydrogen) atoms. The third-order valence-electron chi connectivity index (χ3n) is 11.0. The van der Waals surface area contributed by atoms with E-state index >= 15 is 0 Å². The summed E-state index contributed by atoms with van der Waals surface area (Å²) in [5, 5.41) is 17.0. The molecule has 1 atom stereocenters. The number of anilines is 1. The summed E-state index contributed by atoms with van der Waals surface area (Å²) >= 11 is 0. The highest BCUT2D eigenvalue weighted by Gasteiger charge is 2.45. The molecule has 4 amide bonds. The summed E-state index contributed by atoms with van der Waals surface area (Å²) in [5.41, 5.74) is 2.44. The number of sulfone groups is 1. The number of phenols is 1. The second kappa shape index (κ2) is 21.5. The van der Waals surface area contributed by atoms with Gasteiger partial charge in [0.15, 0.2) is 9.84 Å². The van der Waals surface area contributed by atoms with Gasteiger partial charge in [-0.3, -0.25) is 34.3 Å². The van der Waals surface area contributed by atoms with Crippen LogP contribution in [0.4, 0.5) is 5.69 Å². The van der Waals surface area contributed by atoms with E-state index in [9.17, 15) is 32.7 Å². The molecule has 16 nitrogen and oxygen atoms in total. The van der Waals surface area contributed by atoms with Crippen LogP contribution in [-0.2, 0) is 33.6 Å². The number of likely N-dealkylation sites (N-methyl/N-ethyl adjacent to an activating group) is 1. The molecule has 3 N–H and O–H groups in total. The molecular formula is C48H52N4O12S. The Morgan fingerprint density at radius 2 is 1.46 bits per heavy atom. The number of nitrogens with one attached hydrogen (secondary N) is 2. The Labute approximate surface area is 377 Å². The summed E-state index contributed by atoms with van der Waals surface area (Å²) < 4.78 is 53.7. The monoisotopic (exact) mass is 908 g/mol. The van der Waals surface area contributed by atoms with Crippen LogP contribution in [0.15, 0.2) is 102 Å². The van der Waals surface area contributed by atoms with E-state index in [0.29, 0.717) is 82.3 Å². The molecular weight excluding hydrogens is 857 g/mol. The summed E-state index contributed by atoms with van der Waals surface area (Å²) in [5.74, 6) is -0.215. The second-order valence-electron chi connectivity index (χ2n) is 15.4. The van der Waals surface area contributed by atoms with Gasteiger partial charge in [0.25, 0.3) is 11.8 Å². The smallest absolute Gasteiger partial charge is 0.264 e. The van der Waals surface area contributed by atoms with Crippen LogP contribution < -0.4 is 20.1 Å². The highest BCUT2D eigenvalue weighted by molar-refractivity contribution is 7.90. The maximum Gasteiger partial charge on any atom is 0.264 e. The molecule has 1 saturated heterocycles. The first-order valence-electron chi connectivity index (χ1n) is 21.4.